The van der Waals surface area contributed by atoms with Crippen LogP contribution in [-0.4, -0.2) is 33.7 Å². The number of nitrogens with zero attached hydrogens (tertiary/aromatic N) is 1. The lowest BCUT2D eigenvalue weighted by Gasteiger charge is -2.31. The fraction of sp³-hybridized carbons (Fsp3) is 0.421. The normalized spacial score (nSPS) is 22.3. The summed E-state index contributed by atoms with van der Waals surface area (Å²) in [5.41, 5.74) is 1.15. The molecule has 24 heavy (non-hydrogen) atoms. The molecule has 1 saturated carbocycles. The molecular formula is C19H23NO4. The molecule has 0 bridgehead atoms. The fourth-order valence-electron chi connectivity index (χ4n) is 2.89. The van der Waals surface area contributed by atoms with Crippen molar-refractivity contribution in [2.24, 2.45) is 10.4 Å². The summed E-state index contributed by atoms with van der Waals surface area (Å²) in [5, 5.41) is 19.6. The number of carboxylic acids is 1. The second kappa shape index (κ2) is 6.99. The number of carbonyl (C=O) groups is 2. The molecule has 2 N–H and O–H groups in total. The van der Waals surface area contributed by atoms with Gasteiger partial charge >= 0.3 is 5.97 Å². The summed E-state index contributed by atoms with van der Waals surface area (Å²) in [7, 11) is 0. The lowest BCUT2D eigenvalue weighted by Crippen LogP contribution is -2.34. The van der Waals surface area contributed by atoms with E-state index in [1.807, 2.05) is 44.2 Å². The first-order chi connectivity index (χ1) is 11.2. The van der Waals surface area contributed by atoms with Crippen molar-refractivity contribution in [3.05, 3.63) is 47.2 Å². The number of aliphatic imine (C=N–C) groups is 1. The maximum atomic E-state index is 12.6. The van der Waals surface area contributed by atoms with Crippen LogP contribution < -0.4 is 0 Å². The summed E-state index contributed by atoms with van der Waals surface area (Å²) in [5.74, 6) is -1.28. The Balaban J connectivity index is 2.43. The number of allylic oxidation sites excluding steroid dienone is 2. The molecular weight excluding hydrogens is 306 g/mol. The number of carboxylic acid groups (broad SMARTS) is 1. The Labute approximate surface area is 141 Å². The number of hydrogen-bond donors (Lipinski definition) is 2. The first-order valence-corrected chi connectivity index (χ1v) is 7.99. The number of aliphatic carboxylic acids is 1. The van der Waals surface area contributed by atoms with E-state index in [0.717, 1.165) is 5.56 Å². The zero-order valence-electron chi connectivity index (χ0n) is 14.2. The number of hydrogen-bond acceptors (Lipinski definition) is 4. The van der Waals surface area contributed by atoms with Gasteiger partial charge in [0.05, 0.1) is 11.3 Å². The van der Waals surface area contributed by atoms with E-state index in [4.69, 9.17) is 5.11 Å². The highest BCUT2D eigenvalue weighted by Gasteiger charge is 2.36. The summed E-state index contributed by atoms with van der Waals surface area (Å²) in [6, 6.07) is 8.38. The minimum atomic E-state index is -1.06. The second-order valence-corrected chi connectivity index (χ2v) is 7.02. The van der Waals surface area contributed by atoms with Crippen LogP contribution in [0.25, 0.3) is 0 Å². The van der Waals surface area contributed by atoms with Gasteiger partial charge in [0.15, 0.2) is 5.78 Å². The molecule has 0 saturated heterocycles. The summed E-state index contributed by atoms with van der Waals surface area (Å²) < 4.78 is 0. The molecule has 0 radical (unpaired) electrons. The SMILES string of the molecule is CC(N=C1CC(C)(C)CC(=O)C1=C(O)Cc1ccccc1)C(=O)O. The largest absolute Gasteiger partial charge is 0.511 e. The molecule has 1 aliphatic rings. The molecule has 0 aliphatic heterocycles. The Bertz CT molecular complexity index is 701. The lowest BCUT2D eigenvalue weighted by molar-refractivity contribution is -0.138. The van der Waals surface area contributed by atoms with Gasteiger partial charge in [-0.3, -0.25) is 9.79 Å². The van der Waals surface area contributed by atoms with Crippen LogP contribution in [0.3, 0.4) is 0 Å². The van der Waals surface area contributed by atoms with Gasteiger partial charge in [-0.2, -0.15) is 0 Å². The molecule has 128 valence electrons. The number of aliphatic hydroxyl groups is 1. The van der Waals surface area contributed by atoms with E-state index in [2.05, 4.69) is 4.99 Å². The molecule has 1 aromatic carbocycles. The topological polar surface area (TPSA) is 87.0 Å². The third-order valence-electron chi connectivity index (χ3n) is 4.06. The Morgan fingerprint density at radius 2 is 1.83 bits per heavy atom. The number of aliphatic hydroxyl groups excluding tert-OH is 1. The predicted octanol–water partition coefficient (Wildman–Crippen LogP) is 3.34. The van der Waals surface area contributed by atoms with Gasteiger partial charge < -0.3 is 10.2 Å². The van der Waals surface area contributed by atoms with E-state index < -0.39 is 12.0 Å². The van der Waals surface area contributed by atoms with E-state index in [1.165, 1.54) is 6.92 Å². The van der Waals surface area contributed by atoms with Gasteiger partial charge in [-0.1, -0.05) is 44.2 Å². The van der Waals surface area contributed by atoms with E-state index in [-0.39, 0.29) is 29.0 Å². The van der Waals surface area contributed by atoms with E-state index in [9.17, 15) is 14.7 Å². The van der Waals surface area contributed by atoms with Gasteiger partial charge in [0.25, 0.3) is 0 Å². The molecule has 0 spiro atoms. The fourth-order valence-corrected chi connectivity index (χ4v) is 2.89. The maximum absolute atomic E-state index is 12.6. The van der Waals surface area contributed by atoms with Crippen molar-refractivity contribution in [3.8, 4) is 0 Å². The highest BCUT2D eigenvalue weighted by atomic mass is 16.4. The van der Waals surface area contributed by atoms with Crippen LogP contribution in [0.15, 0.2) is 46.7 Å². The van der Waals surface area contributed by atoms with Crippen molar-refractivity contribution >= 4 is 17.5 Å². The third-order valence-corrected chi connectivity index (χ3v) is 4.06. The van der Waals surface area contributed by atoms with Crippen LogP contribution in [0.1, 0.15) is 39.2 Å². The smallest absolute Gasteiger partial charge is 0.328 e. The average molecular weight is 329 g/mol. The van der Waals surface area contributed by atoms with Crippen molar-refractivity contribution in [2.75, 3.05) is 0 Å². The highest BCUT2D eigenvalue weighted by Crippen LogP contribution is 2.35. The van der Waals surface area contributed by atoms with Gasteiger partial charge in [0, 0.05) is 12.8 Å². The molecule has 0 amide bonds. The average Bonchev–Trinajstić information content (AvgIpc) is 2.46. The van der Waals surface area contributed by atoms with Crippen LogP contribution in [-0.2, 0) is 16.0 Å². The van der Waals surface area contributed by atoms with E-state index in [0.29, 0.717) is 18.6 Å². The van der Waals surface area contributed by atoms with E-state index >= 15 is 0 Å². The summed E-state index contributed by atoms with van der Waals surface area (Å²) in [4.78, 5) is 27.9. The zero-order chi connectivity index (χ0) is 17.9. The molecule has 1 aromatic rings. The van der Waals surface area contributed by atoms with Crippen molar-refractivity contribution in [2.45, 2.75) is 46.1 Å². The lowest BCUT2D eigenvalue weighted by atomic mass is 9.73. The molecule has 5 nitrogen and oxygen atoms in total. The number of rotatable bonds is 4. The van der Waals surface area contributed by atoms with E-state index in [1.54, 1.807) is 0 Å². The quantitative estimate of drug-likeness (QED) is 0.655. The van der Waals surface area contributed by atoms with Crippen LogP contribution in [0, 0.1) is 5.41 Å². The minimum Gasteiger partial charge on any atom is -0.511 e. The van der Waals surface area contributed by atoms with Crippen molar-refractivity contribution < 1.29 is 19.8 Å². The second-order valence-electron chi connectivity index (χ2n) is 7.02. The number of benzene rings is 1. The molecule has 0 heterocycles. The Morgan fingerprint density at radius 3 is 2.42 bits per heavy atom. The van der Waals surface area contributed by atoms with Crippen molar-refractivity contribution in [3.63, 3.8) is 0 Å². The van der Waals surface area contributed by atoms with Gasteiger partial charge in [0.2, 0.25) is 0 Å². The molecule has 2 rings (SSSR count). The molecule has 0 aromatic heterocycles. The monoisotopic (exact) mass is 329 g/mol. The van der Waals surface area contributed by atoms with Crippen LogP contribution in [0.2, 0.25) is 0 Å². The van der Waals surface area contributed by atoms with Crippen molar-refractivity contribution in [1.29, 1.82) is 0 Å². The molecule has 1 fully saturated rings. The Kier molecular flexibility index (Phi) is 5.22. The summed E-state index contributed by atoms with van der Waals surface area (Å²) in [6.07, 6.45) is 0.995. The standard InChI is InChI=1S/C19H23NO4/c1-12(18(23)24)20-14-10-19(2,3)11-16(22)17(14)15(21)9-13-7-5-4-6-8-13/h4-8,12,21H,9-11H2,1-3H3,(H,23,24). The minimum absolute atomic E-state index is 0.0435. The third kappa shape index (κ3) is 4.31. The number of ketones is 1. The Hall–Kier alpha value is -2.43. The Morgan fingerprint density at radius 1 is 1.21 bits per heavy atom. The molecule has 1 unspecified atom stereocenters. The molecule has 1 atom stereocenters. The summed E-state index contributed by atoms with van der Waals surface area (Å²) >= 11 is 0. The van der Waals surface area contributed by atoms with Gasteiger partial charge in [-0.15, -0.1) is 0 Å². The predicted molar refractivity (Wildman–Crippen MR) is 92.4 cm³/mol. The number of Topliss-reactive ketones (excluding diaryl/α,β-unsaturated/α-hetero) is 1. The van der Waals surface area contributed by atoms with Gasteiger partial charge in [-0.05, 0) is 24.3 Å². The highest BCUT2D eigenvalue weighted by molar-refractivity contribution is 6.25. The number of carbonyl (C=O) groups excluding carboxylic acids is 1. The maximum Gasteiger partial charge on any atom is 0.328 e. The molecule has 1 aliphatic carbocycles. The first-order valence-electron chi connectivity index (χ1n) is 7.99. The molecule has 5 heteroatoms. The van der Waals surface area contributed by atoms with Gasteiger partial charge in [-0.25, -0.2) is 4.79 Å². The summed E-state index contributed by atoms with van der Waals surface area (Å²) in [6.45, 7) is 5.35. The first kappa shape index (κ1) is 17.9. The zero-order valence-corrected chi connectivity index (χ0v) is 14.2. The van der Waals surface area contributed by atoms with Crippen molar-refractivity contribution in [1.82, 2.24) is 0 Å². The van der Waals surface area contributed by atoms with Gasteiger partial charge in [0.1, 0.15) is 11.8 Å². The van der Waals surface area contributed by atoms with Crippen LogP contribution in [0.5, 0.6) is 0 Å². The van der Waals surface area contributed by atoms with Crippen LogP contribution >= 0.6 is 0 Å². The van der Waals surface area contributed by atoms with Crippen LogP contribution in [0.4, 0.5) is 0 Å².